The van der Waals surface area contributed by atoms with Gasteiger partial charge in [-0.1, -0.05) is 104 Å². The fourth-order valence-electron chi connectivity index (χ4n) is 8.29. The van der Waals surface area contributed by atoms with Crippen LogP contribution < -0.4 is 0 Å². The largest absolute Gasteiger partial charge is 0.453 e. The average Bonchev–Trinajstić information content (AvgIpc) is 3.51. The van der Waals surface area contributed by atoms with Gasteiger partial charge in [0.05, 0.1) is 31.8 Å². The number of amides is 2. The van der Waals surface area contributed by atoms with Crippen molar-refractivity contribution in [3.05, 3.63) is 113 Å². The summed E-state index contributed by atoms with van der Waals surface area (Å²) in [6.07, 6.45) is -5.42. The second-order valence-electron chi connectivity index (χ2n) is 16.9. The van der Waals surface area contributed by atoms with Crippen LogP contribution in [0.3, 0.4) is 0 Å². The molecule has 2 heterocycles. The maximum absolute atomic E-state index is 14.2. The molecule has 0 aliphatic carbocycles. The minimum atomic E-state index is -1.65. The van der Waals surface area contributed by atoms with Crippen molar-refractivity contribution in [1.29, 1.82) is 0 Å². The van der Waals surface area contributed by atoms with Crippen LogP contribution in [0.25, 0.3) is 5.57 Å². The number of carbonyl (C=O) groups is 5. The van der Waals surface area contributed by atoms with E-state index in [-0.39, 0.29) is 50.8 Å². The molecule has 63 heavy (non-hydrogen) atoms. The third-order valence-electron chi connectivity index (χ3n) is 11.2. The number of allylic oxidation sites excluding steroid dienone is 1. The number of aliphatic hydroxyl groups is 1. The highest BCUT2D eigenvalue weighted by atomic mass is 16.7. The van der Waals surface area contributed by atoms with Gasteiger partial charge in [0, 0.05) is 32.6 Å². The molecule has 2 aliphatic heterocycles. The Balaban J connectivity index is 1.36. The molecule has 1 N–H and O–H groups in total. The van der Waals surface area contributed by atoms with Gasteiger partial charge >= 0.3 is 12.1 Å². The van der Waals surface area contributed by atoms with Gasteiger partial charge in [-0.05, 0) is 62.8 Å². The molecule has 0 spiro atoms. The third-order valence-corrected chi connectivity index (χ3v) is 11.2. The number of benzene rings is 3. The number of ether oxygens (including phenoxy) is 7. The van der Waals surface area contributed by atoms with E-state index in [1.807, 2.05) is 87.5 Å². The summed E-state index contributed by atoms with van der Waals surface area (Å²) in [4.78, 5) is 68.8. The Labute approximate surface area is 369 Å². The second kappa shape index (κ2) is 22.5. The van der Waals surface area contributed by atoms with Crippen molar-refractivity contribution in [2.75, 3.05) is 20.3 Å². The highest BCUT2D eigenvalue weighted by Crippen LogP contribution is 2.36. The van der Waals surface area contributed by atoms with Crippen LogP contribution in [0, 0.1) is 18.8 Å². The Kier molecular flexibility index (Phi) is 17.5. The molecule has 3 aromatic carbocycles. The number of cyclic esters (lactones) is 1. The number of carbonyl (C=O) groups excluding carboxylic acids is 5. The van der Waals surface area contributed by atoms with Crippen molar-refractivity contribution in [1.82, 2.24) is 4.90 Å². The van der Waals surface area contributed by atoms with Gasteiger partial charge in [0.25, 0.3) is 0 Å². The Morgan fingerprint density at radius 3 is 2.03 bits per heavy atom. The van der Waals surface area contributed by atoms with Crippen LogP contribution in [0.5, 0.6) is 0 Å². The summed E-state index contributed by atoms with van der Waals surface area (Å²) in [7, 11) is 1.46. The Hall–Kier alpha value is -5.09. The summed E-state index contributed by atoms with van der Waals surface area (Å²) < 4.78 is 42.2. The maximum atomic E-state index is 14.2. The van der Waals surface area contributed by atoms with Crippen LogP contribution in [0.4, 0.5) is 4.79 Å². The number of rotatable bonds is 21. The Morgan fingerprint density at radius 1 is 0.857 bits per heavy atom. The smallest absolute Gasteiger partial charge is 0.417 e. The van der Waals surface area contributed by atoms with Crippen LogP contribution in [0.15, 0.2) is 91.0 Å². The number of hydrogen-bond donors (Lipinski definition) is 1. The van der Waals surface area contributed by atoms with Gasteiger partial charge in [-0.25, -0.2) is 9.69 Å². The van der Waals surface area contributed by atoms with Crippen LogP contribution in [-0.4, -0.2) is 108 Å². The zero-order valence-electron chi connectivity index (χ0n) is 37.4. The van der Waals surface area contributed by atoms with Crippen molar-refractivity contribution in [2.45, 2.75) is 123 Å². The van der Waals surface area contributed by atoms with E-state index in [0.717, 1.165) is 34.6 Å². The van der Waals surface area contributed by atoms with Gasteiger partial charge in [-0.3, -0.25) is 19.2 Å². The minimum Gasteiger partial charge on any atom is -0.453 e. The van der Waals surface area contributed by atoms with Gasteiger partial charge in [-0.15, -0.1) is 0 Å². The highest BCUT2D eigenvalue weighted by Gasteiger charge is 2.54. The molecule has 3 aromatic rings. The van der Waals surface area contributed by atoms with Gasteiger partial charge in [-0.2, -0.15) is 0 Å². The van der Waals surface area contributed by atoms with Crippen LogP contribution in [0.2, 0.25) is 0 Å². The van der Waals surface area contributed by atoms with E-state index in [0.29, 0.717) is 5.56 Å². The Bertz CT molecular complexity index is 2050. The fourth-order valence-corrected chi connectivity index (χ4v) is 8.29. The second-order valence-corrected chi connectivity index (χ2v) is 16.9. The number of esters is 1. The predicted molar refractivity (Wildman–Crippen MR) is 232 cm³/mol. The molecule has 8 atom stereocenters. The van der Waals surface area contributed by atoms with E-state index in [2.05, 4.69) is 0 Å². The number of methoxy groups -OCH3 is 1. The van der Waals surface area contributed by atoms with E-state index in [1.165, 1.54) is 14.0 Å². The van der Waals surface area contributed by atoms with Crippen LogP contribution >= 0.6 is 0 Å². The lowest BCUT2D eigenvalue weighted by atomic mass is 9.87. The van der Waals surface area contributed by atoms with E-state index in [9.17, 15) is 29.1 Å². The number of aliphatic hydroxyl groups excluding tert-OH is 1. The zero-order chi connectivity index (χ0) is 45.8. The molecule has 2 saturated heterocycles. The molecule has 2 aliphatic rings. The minimum absolute atomic E-state index is 0.0377. The number of nitrogens with zero attached hydrogens (tertiary/aromatic N) is 1. The molecule has 14 nitrogen and oxygen atoms in total. The van der Waals surface area contributed by atoms with Crippen LogP contribution in [0.1, 0.15) is 76.6 Å². The number of imide groups is 1. The van der Waals surface area contributed by atoms with E-state index >= 15 is 0 Å². The Morgan fingerprint density at radius 2 is 1.48 bits per heavy atom. The standard InChI is InChI=1S/C49H61NO13/c1-30(2)45-49(6,7)63-48(56)50(45)46(55)32(4)41(61-33(5)52)39(54)26-37(36-22-15-17-31(3)25-36)38(53)23-16-24-58-44-43(60-29-35-20-13-10-14-21-35)42(40(27-51)62-47(44)57-8)59-28-34-18-11-9-12-19-34/h9-15,17-22,25-26,30,32,40-45,47,51H,16,23-24,27-29H2,1-8H3/t32-,40-,41-,42-,43+,44+,45-,47+/m1/s1. The first-order valence-corrected chi connectivity index (χ1v) is 21.4. The molecule has 5 rings (SSSR count). The predicted octanol–water partition coefficient (Wildman–Crippen LogP) is 6.57. The number of ketones is 2. The van der Waals surface area contributed by atoms with E-state index in [4.69, 9.17) is 33.2 Å². The quantitative estimate of drug-likeness (QED) is 0.0693. The molecule has 2 fully saturated rings. The molecule has 0 saturated carbocycles. The van der Waals surface area contributed by atoms with Crippen molar-refractivity contribution in [3.63, 3.8) is 0 Å². The van der Waals surface area contributed by atoms with Crippen molar-refractivity contribution < 1.29 is 62.2 Å². The highest BCUT2D eigenvalue weighted by molar-refractivity contribution is 6.25. The monoisotopic (exact) mass is 871 g/mol. The molecule has 0 radical (unpaired) electrons. The summed E-state index contributed by atoms with van der Waals surface area (Å²) in [5, 5.41) is 10.4. The van der Waals surface area contributed by atoms with E-state index in [1.54, 1.807) is 32.0 Å². The molecule has 0 bridgehead atoms. The third kappa shape index (κ3) is 12.6. The molecular weight excluding hydrogens is 811 g/mol. The van der Waals surface area contributed by atoms with Crippen LogP contribution in [-0.2, 0) is 65.5 Å². The lowest BCUT2D eigenvalue weighted by molar-refractivity contribution is -0.319. The molecular formula is C49H61NO13. The number of hydrogen-bond acceptors (Lipinski definition) is 13. The van der Waals surface area contributed by atoms with Crippen molar-refractivity contribution >= 4 is 35.1 Å². The first-order chi connectivity index (χ1) is 30.1. The fraction of sp³-hybridized carbons (Fsp3) is 0.490. The van der Waals surface area contributed by atoms with E-state index < -0.39 is 83.9 Å². The number of Topliss-reactive ketones (excluding diaryl/α,β-unsaturated/α-hetero) is 1. The summed E-state index contributed by atoms with van der Waals surface area (Å²) in [5.74, 6) is -4.28. The van der Waals surface area contributed by atoms with Gasteiger partial charge in [0.15, 0.2) is 24.0 Å². The zero-order valence-corrected chi connectivity index (χ0v) is 37.4. The summed E-state index contributed by atoms with van der Waals surface area (Å²) in [6.45, 7) is 11.6. The lowest BCUT2D eigenvalue weighted by Crippen LogP contribution is -2.61. The SMILES string of the molecule is CO[C@H]1O[C@H](CO)[C@@H](OCc2ccccc2)[C@H](OCc2ccccc2)[C@@H]1OCCCC(=O)C(=CC(=O)[C@H](OC(C)=O)[C@@H](C)C(=O)N1C(=O)OC(C)(C)[C@H]1C(C)C)c1cccc(C)c1. The molecule has 0 unspecified atom stereocenters. The first-order valence-electron chi connectivity index (χ1n) is 21.4. The number of aryl methyl sites for hydroxylation is 1. The summed E-state index contributed by atoms with van der Waals surface area (Å²) in [6, 6.07) is 25.6. The molecule has 340 valence electrons. The summed E-state index contributed by atoms with van der Waals surface area (Å²) >= 11 is 0. The van der Waals surface area contributed by atoms with Crippen molar-refractivity contribution in [3.8, 4) is 0 Å². The average molecular weight is 872 g/mol. The van der Waals surface area contributed by atoms with Crippen molar-refractivity contribution in [2.24, 2.45) is 11.8 Å². The first kappa shape index (κ1) is 48.9. The topological polar surface area (TPSA) is 173 Å². The normalized spacial score (nSPS) is 23.2. The lowest BCUT2D eigenvalue weighted by Gasteiger charge is -2.45. The maximum Gasteiger partial charge on any atom is 0.417 e. The van der Waals surface area contributed by atoms with Gasteiger partial charge in [0.2, 0.25) is 5.91 Å². The molecule has 2 amide bonds. The van der Waals surface area contributed by atoms with Gasteiger partial charge in [0.1, 0.15) is 30.0 Å². The van der Waals surface area contributed by atoms with Gasteiger partial charge < -0.3 is 38.3 Å². The molecule has 0 aromatic heterocycles. The molecule has 14 heteroatoms. The summed E-state index contributed by atoms with van der Waals surface area (Å²) in [5.41, 5.74) is 2.14.